The van der Waals surface area contributed by atoms with Crippen LogP contribution < -0.4 is 5.73 Å². The number of hydrogen-bond acceptors (Lipinski definition) is 4. The van der Waals surface area contributed by atoms with Crippen molar-refractivity contribution in [2.45, 2.75) is 52.5 Å². The molecule has 24 heavy (non-hydrogen) atoms. The minimum Gasteiger partial charge on any atom is -0.465 e. The number of benzene rings is 1. The van der Waals surface area contributed by atoms with Gasteiger partial charge in [-0.15, -0.1) is 0 Å². The standard InChI is InChI=1S/C18H25N3O3/c1-10-20-15-13(19)6-5-12(16(15)24-10)11-7-8-21(17(22)23)14(9-11)18(2,3)4/h5-6,11,14H,7-9,19H2,1-4H3,(H,22,23). The van der Waals surface area contributed by atoms with Gasteiger partial charge in [-0.05, 0) is 30.2 Å². The quantitative estimate of drug-likeness (QED) is 0.771. The maximum atomic E-state index is 11.6. The van der Waals surface area contributed by atoms with Gasteiger partial charge in [-0.2, -0.15) is 0 Å². The van der Waals surface area contributed by atoms with E-state index in [4.69, 9.17) is 10.2 Å². The van der Waals surface area contributed by atoms with Crippen LogP contribution in [0.5, 0.6) is 0 Å². The molecule has 6 heteroatoms. The SMILES string of the molecule is Cc1nc2c(N)ccc(C3CCN(C(=O)O)C(C(C)(C)C)C3)c2o1. The van der Waals surface area contributed by atoms with E-state index in [1.165, 1.54) is 0 Å². The van der Waals surface area contributed by atoms with Crippen LogP contribution in [-0.2, 0) is 0 Å². The number of amides is 1. The zero-order valence-electron chi connectivity index (χ0n) is 14.7. The highest BCUT2D eigenvalue weighted by Gasteiger charge is 2.39. The highest BCUT2D eigenvalue weighted by atomic mass is 16.4. The van der Waals surface area contributed by atoms with Gasteiger partial charge in [-0.25, -0.2) is 9.78 Å². The molecule has 1 saturated heterocycles. The highest BCUT2D eigenvalue weighted by molar-refractivity contribution is 5.88. The molecule has 6 nitrogen and oxygen atoms in total. The number of likely N-dealkylation sites (tertiary alicyclic amines) is 1. The van der Waals surface area contributed by atoms with Gasteiger partial charge in [0.25, 0.3) is 0 Å². The molecular weight excluding hydrogens is 306 g/mol. The molecular formula is C18H25N3O3. The lowest BCUT2D eigenvalue weighted by Gasteiger charge is -2.44. The number of carboxylic acid groups (broad SMARTS) is 1. The van der Waals surface area contributed by atoms with Crippen molar-refractivity contribution in [2.24, 2.45) is 5.41 Å². The van der Waals surface area contributed by atoms with Gasteiger partial charge in [0.05, 0.1) is 5.69 Å². The van der Waals surface area contributed by atoms with E-state index in [-0.39, 0.29) is 17.4 Å². The molecule has 0 aliphatic carbocycles. The Kier molecular flexibility index (Phi) is 3.94. The first-order valence-corrected chi connectivity index (χ1v) is 8.33. The fraction of sp³-hybridized carbons (Fsp3) is 0.556. The predicted octanol–water partition coefficient (Wildman–Crippen LogP) is 3.99. The van der Waals surface area contributed by atoms with Gasteiger partial charge in [-0.1, -0.05) is 26.8 Å². The van der Waals surface area contributed by atoms with Crippen molar-refractivity contribution in [3.05, 3.63) is 23.6 Å². The Hall–Kier alpha value is -2.24. The first-order chi connectivity index (χ1) is 11.2. The number of nitrogens with two attached hydrogens (primary N) is 1. The molecule has 1 aliphatic rings. The lowest BCUT2D eigenvalue weighted by Crippen LogP contribution is -2.51. The third kappa shape index (κ3) is 2.81. The van der Waals surface area contributed by atoms with E-state index in [1.807, 2.05) is 19.1 Å². The monoisotopic (exact) mass is 331 g/mol. The number of piperidine rings is 1. The highest BCUT2D eigenvalue weighted by Crippen LogP contribution is 2.41. The first-order valence-electron chi connectivity index (χ1n) is 8.33. The number of aromatic nitrogens is 1. The maximum Gasteiger partial charge on any atom is 0.407 e. The van der Waals surface area contributed by atoms with Crippen LogP contribution in [0.4, 0.5) is 10.5 Å². The number of aryl methyl sites for hydroxylation is 1. The summed E-state index contributed by atoms with van der Waals surface area (Å²) in [6, 6.07) is 3.84. The molecule has 3 rings (SSSR count). The number of anilines is 1. The van der Waals surface area contributed by atoms with E-state index < -0.39 is 6.09 Å². The second-order valence-electron chi connectivity index (χ2n) is 7.73. The van der Waals surface area contributed by atoms with Gasteiger partial charge >= 0.3 is 6.09 Å². The molecule has 0 bridgehead atoms. The third-order valence-corrected chi connectivity index (χ3v) is 5.00. The van der Waals surface area contributed by atoms with Crippen molar-refractivity contribution in [1.29, 1.82) is 0 Å². The van der Waals surface area contributed by atoms with Crippen LogP contribution in [0.2, 0.25) is 0 Å². The predicted molar refractivity (Wildman–Crippen MR) is 93.1 cm³/mol. The van der Waals surface area contributed by atoms with E-state index >= 15 is 0 Å². The summed E-state index contributed by atoms with van der Waals surface area (Å²) in [5, 5.41) is 9.52. The Balaban J connectivity index is 1.99. The fourth-order valence-electron chi connectivity index (χ4n) is 3.77. The van der Waals surface area contributed by atoms with Crippen molar-refractivity contribution >= 4 is 22.9 Å². The van der Waals surface area contributed by atoms with Crippen molar-refractivity contribution in [2.75, 3.05) is 12.3 Å². The summed E-state index contributed by atoms with van der Waals surface area (Å²) < 4.78 is 5.81. The van der Waals surface area contributed by atoms with Crippen molar-refractivity contribution in [1.82, 2.24) is 9.88 Å². The molecule has 2 unspecified atom stereocenters. The fourth-order valence-corrected chi connectivity index (χ4v) is 3.77. The Morgan fingerprint density at radius 1 is 1.42 bits per heavy atom. The van der Waals surface area contributed by atoms with Crippen molar-refractivity contribution in [3.63, 3.8) is 0 Å². The van der Waals surface area contributed by atoms with Crippen molar-refractivity contribution < 1.29 is 14.3 Å². The Morgan fingerprint density at radius 2 is 2.12 bits per heavy atom. The summed E-state index contributed by atoms with van der Waals surface area (Å²) in [6.07, 6.45) is 0.706. The number of carbonyl (C=O) groups is 1. The molecule has 0 saturated carbocycles. The minimum atomic E-state index is -0.841. The first kappa shape index (κ1) is 16.6. The third-order valence-electron chi connectivity index (χ3n) is 5.00. The van der Waals surface area contributed by atoms with Gasteiger partial charge in [0.15, 0.2) is 11.5 Å². The second-order valence-corrected chi connectivity index (χ2v) is 7.73. The van der Waals surface area contributed by atoms with Crippen LogP contribution in [0.25, 0.3) is 11.1 Å². The number of nitrogen functional groups attached to an aromatic ring is 1. The average molecular weight is 331 g/mol. The largest absolute Gasteiger partial charge is 0.465 e. The Labute approximate surface area is 141 Å². The number of fused-ring (bicyclic) bond motifs is 1. The maximum absolute atomic E-state index is 11.6. The van der Waals surface area contributed by atoms with Crippen LogP contribution in [-0.4, -0.2) is 33.7 Å². The summed E-state index contributed by atoms with van der Waals surface area (Å²) in [7, 11) is 0. The minimum absolute atomic E-state index is 0.0367. The van der Waals surface area contributed by atoms with Gasteiger partial charge < -0.3 is 20.2 Å². The molecule has 1 aromatic heterocycles. The number of oxazole rings is 1. The van der Waals surface area contributed by atoms with Crippen LogP contribution >= 0.6 is 0 Å². The summed E-state index contributed by atoms with van der Waals surface area (Å²) in [5.74, 6) is 0.833. The van der Waals surface area contributed by atoms with Gasteiger partial charge in [0, 0.05) is 25.1 Å². The van der Waals surface area contributed by atoms with E-state index in [1.54, 1.807) is 4.90 Å². The van der Waals surface area contributed by atoms with Crippen LogP contribution in [0.1, 0.15) is 51.0 Å². The molecule has 2 aromatic rings. The lowest BCUT2D eigenvalue weighted by atomic mass is 9.75. The molecule has 2 atom stereocenters. The molecule has 130 valence electrons. The van der Waals surface area contributed by atoms with Crippen LogP contribution in [0.3, 0.4) is 0 Å². The summed E-state index contributed by atoms with van der Waals surface area (Å²) in [4.78, 5) is 17.6. The number of rotatable bonds is 1. The Morgan fingerprint density at radius 3 is 2.75 bits per heavy atom. The number of hydrogen-bond donors (Lipinski definition) is 2. The van der Waals surface area contributed by atoms with Gasteiger partial charge in [0.1, 0.15) is 5.52 Å². The molecule has 0 radical (unpaired) electrons. The summed E-state index contributed by atoms with van der Waals surface area (Å²) >= 11 is 0. The molecule has 1 aromatic carbocycles. The van der Waals surface area contributed by atoms with Gasteiger partial charge in [-0.3, -0.25) is 0 Å². The van der Waals surface area contributed by atoms with Crippen molar-refractivity contribution in [3.8, 4) is 0 Å². The smallest absolute Gasteiger partial charge is 0.407 e. The van der Waals surface area contributed by atoms with E-state index in [2.05, 4.69) is 25.8 Å². The normalized spacial score (nSPS) is 22.1. The average Bonchev–Trinajstić information content (AvgIpc) is 2.88. The summed E-state index contributed by atoms with van der Waals surface area (Å²) in [6.45, 7) is 8.61. The van der Waals surface area contributed by atoms with E-state index in [0.29, 0.717) is 23.6 Å². The molecule has 1 aliphatic heterocycles. The lowest BCUT2D eigenvalue weighted by molar-refractivity contribution is 0.0526. The molecule has 0 spiro atoms. The molecule has 1 amide bonds. The zero-order valence-corrected chi connectivity index (χ0v) is 14.7. The van der Waals surface area contributed by atoms with Crippen LogP contribution in [0, 0.1) is 12.3 Å². The molecule has 1 fully saturated rings. The topological polar surface area (TPSA) is 92.6 Å². The molecule has 2 heterocycles. The van der Waals surface area contributed by atoms with E-state index in [9.17, 15) is 9.90 Å². The van der Waals surface area contributed by atoms with E-state index in [0.717, 1.165) is 24.0 Å². The molecule has 3 N–H and O–H groups in total. The van der Waals surface area contributed by atoms with Gasteiger partial charge in [0.2, 0.25) is 0 Å². The Bertz CT molecular complexity index is 776. The second kappa shape index (κ2) is 5.69. The van der Waals surface area contributed by atoms with Crippen LogP contribution in [0.15, 0.2) is 16.5 Å². The number of nitrogens with zero attached hydrogens (tertiary/aromatic N) is 2. The zero-order chi connectivity index (χ0) is 17.6. The summed E-state index contributed by atoms with van der Waals surface area (Å²) in [5.41, 5.74) is 9.04.